The van der Waals surface area contributed by atoms with Crippen LogP contribution < -0.4 is 10.2 Å². The number of nitrogens with zero attached hydrogens (tertiary/aromatic N) is 5. The minimum absolute atomic E-state index is 0.00553. The van der Waals surface area contributed by atoms with Crippen LogP contribution >= 0.6 is 0 Å². The minimum atomic E-state index is 0.00553. The zero-order chi connectivity index (χ0) is 18.6. The lowest BCUT2D eigenvalue weighted by Gasteiger charge is -2.32. The van der Waals surface area contributed by atoms with E-state index in [1.165, 1.54) is 0 Å². The lowest BCUT2D eigenvalue weighted by atomic mass is 9.95. The topological polar surface area (TPSA) is 84.6 Å². The molecular formula is C19H22N6O2. The maximum absolute atomic E-state index is 12.6. The first-order chi connectivity index (χ1) is 13.2. The summed E-state index contributed by atoms with van der Waals surface area (Å²) in [5.74, 6) is 0.964. The second-order valence-electron chi connectivity index (χ2n) is 6.71. The summed E-state index contributed by atoms with van der Waals surface area (Å²) in [6, 6.07) is 11.6. The molecule has 0 atom stereocenters. The number of hydrogen-bond donors (Lipinski definition) is 1. The lowest BCUT2D eigenvalue weighted by molar-refractivity contribution is -0.120. The first kappa shape index (κ1) is 17.4. The summed E-state index contributed by atoms with van der Waals surface area (Å²) >= 11 is 0. The number of methoxy groups -OCH3 is 1. The molecule has 1 fully saturated rings. The average Bonchev–Trinajstić information content (AvgIpc) is 3.16. The van der Waals surface area contributed by atoms with Gasteiger partial charge in [-0.1, -0.05) is 12.1 Å². The van der Waals surface area contributed by atoms with E-state index in [-0.39, 0.29) is 11.8 Å². The Labute approximate surface area is 157 Å². The number of carbonyl (C=O) groups is 1. The first-order valence-corrected chi connectivity index (χ1v) is 9.04. The van der Waals surface area contributed by atoms with Crippen molar-refractivity contribution in [2.24, 2.45) is 5.92 Å². The van der Waals surface area contributed by atoms with Gasteiger partial charge in [-0.25, -0.2) is 0 Å². The molecule has 0 saturated carbocycles. The molecule has 27 heavy (non-hydrogen) atoms. The first-order valence-electron chi connectivity index (χ1n) is 9.04. The van der Waals surface area contributed by atoms with Crippen LogP contribution in [0.2, 0.25) is 0 Å². The molecule has 140 valence electrons. The van der Waals surface area contributed by atoms with E-state index < -0.39 is 0 Å². The summed E-state index contributed by atoms with van der Waals surface area (Å²) in [5, 5.41) is 15.4. The number of ether oxygens (including phenoxy) is 1. The molecule has 1 amide bonds. The van der Waals surface area contributed by atoms with Gasteiger partial charge in [-0.2, -0.15) is 4.52 Å². The molecule has 8 nitrogen and oxygen atoms in total. The minimum Gasteiger partial charge on any atom is -0.380 e. The highest BCUT2D eigenvalue weighted by molar-refractivity contribution is 5.92. The second-order valence-corrected chi connectivity index (χ2v) is 6.71. The van der Waals surface area contributed by atoms with Crippen LogP contribution in [0.5, 0.6) is 0 Å². The van der Waals surface area contributed by atoms with E-state index >= 15 is 0 Å². The van der Waals surface area contributed by atoms with Crippen molar-refractivity contribution in [1.29, 1.82) is 0 Å². The number of hydrogen-bond acceptors (Lipinski definition) is 6. The summed E-state index contributed by atoms with van der Waals surface area (Å²) in [7, 11) is 1.66. The fourth-order valence-corrected chi connectivity index (χ4v) is 3.41. The van der Waals surface area contributed by atoms with E-state index in [1.807, 2.05) is 36.4 Å². The number of rotatable bonds is 5. The molecule has 0 aliphatic carbocycles. The van der Waals surface area contributed by atoms with Gasteiger partial charge in [-0.05, 0) is 42.7 Å². The number of benzene rings is 1. The van der Waals surface area contributed by atoms with E-state index in [2.05, 4.69) is 25.5 Å². The summed E-state index contributed by atoms with van der Waals surface area (Å²) in [5.41, 5.74) is 2.58. The zero-order valence-corrected chi connectivity index (χ0v) is 15.2. The average molecular weight is 366 g/mol. The van der Waals surface area contributed by atoms with Gasteiger partial charge < -0.3 is 15.0 Å². The Bertz CT molecular complexity index is 933. The van der Waals surface area contributed by atoms with Crippen molar-refractivity contribution in [3.05, 3.63) is 48.3 Å². The van der Waals surface area contributed by atoms with Gasteiger partial charge in [0.25, 0.3) is 0 Å². The van der Waals surface area contributed by atoms with Crippen LogP contribution in [0, 0.1) is 5.92 Å². The third-order valence-corrected chi connectivity index (χ3v) is 4.84. The Kier molecular flexibility index (Phi) is 4.97. The molecule has 2 aromatic heterocycles. The molecule has 4 rings (SSSR count). The third-order valence-electron chi connectivity index (χ3n) is 4.84. The highest BCUT2D eigenvalue weighted by Gasteiger charge is 2.26. The van der Waals surface area contributed by atoms with Gasteiger partial charge in [0.2, 0.25) is 5.91 Å². The van der Waals surface area contributed by atoms with Crippen LogP contribution in [0.25, 0.3) is 5.65 Å². The van der Waals surface area contributed by atoms with Crippen LogP contribution in [0.15, 0.2) is 42.7 Å². The second kappa shape index (κ2) is 7.71. The fourth-order valence-electron chi connectivity index (χ4n) is 3.41. The van der Waals surface area contributed by atoms with E-state index in [1.54, 1.807) is 18.0 Å². The summed E-state index contributed by atoms with van der Waals surface area (Å²) in [4.78, 5) is 14.8. The van der Waals surface area contributed by atoms with Gasteiger partial charge in [0.15, 0.2) is 5.65 Å². The quantitative estimate of drug-likeness (QED) is 0.745. The molecule has 1 aliphatic heterocycles. The normalized spacial score (nSPS) is 15.2. The maximum Gasteiger partial charge on any atom is 0.227 e. The van der Waals surface area contributed by atoms with E-state index in [9.17, 15) is 4.79 Å². The van der Waals surface area contributed by atoms with Crippen LogP contribution in [-0.4, -0.2) is 45.9 Å². The van der Waals surface area contributed by atoms with Crippen molar-refractivity contribution in [3.63, 3.8) is 0 Å². The molecule has 1 saturated heterocycles. The highest BCUT2D eigenvalue weighted by Crippen LogP contribution is 2.23. The fraction of sp³-hybridized carbons (Fsp3) is 0.368. The number of piperidine rings is 1. The Hall–Kier alpha value is -3.00. The number of amides is 1. The van der Waals surface area contributed by atoms with Crippen LogP contribution in [-0.2, 0) is 16.1 Å². The zero-order valence-electron chi connectivity index (χ0n) is 15.2. The van der Waals surface area contributed by atoms with Crippen LogP contribution in [0.1, 0.15) is 18.4 Å². The van der Waals surface area contributed by atoms with Crippen molar-refractivity contribution in [2.45, 2.75) is 19.4 Å². The van der Waals surface area contributed by atoms with Crippen molar-refractivity contribution >= 4 is 23.1 Å². The third kappa shape index (κ3) is 3.90. The Balaban J connectivity index is 1.35. The Morgan fingerprint density at radius 3 is 2.93 bits per heavy atom. The van der Waals surface area contributed by atoms with Crippen molar-refractivity contribution < 1.29 is 9.53 Å². The van der Waals surface area contributed by atoms with Gasteiger partial charge in [-0.3, -0.25) is 4.79 Å². The number of aromatic nitrogens is 4. The van der Waals surface area contributed by atoms with Crippen LogP contribution in [0.3, 0.4) is 0 Å². The Morgan fingerprint density at radius 2 is 2.11 bits per heavy atom. The van der Waals surface area contributed by atoms with Crippen molar-refractivity contribution in [2.75, 3.05) is 30.4 Å². The molecular weight excluding hydrogens is 344 g/mol. The highest BCUT2D eigenvalue weighted by atomic mass is 16.5. The van der Waals surface area contributed by atoms with Crippen molar-refractivity contribution in [3.8, 4) is 0 Å². The number of anilines is 2. The van der Waals surface area contributed by atoms with E-state index in [0.717, 1.165) is 48.6 Å². The number of fused-ring (bicyclic) bond motifs is 1. The molecule has 8 heteroatoms. The summed E-state index contributed by atoms with van der Waals surface area (Å²) in [6.45, 7) is 2.12. The predicted molar refractivity (Wildman–Crippen MR) is 102 cm³/mol. The maximum atomic E-state index is 12.6. The molecule has 0 unspecified atom stereocenters. The van der Waals surface area contributed by atoms with Gasteiger partial charge >= 0.3 is 0 Å². The monoisotopic (exact) mass is 366 g/mol. The van der Waals surface area contributed by atoms with Crippen LogP contribution in [0.4, 0.5) is 11.5 Å². The predicted octanol–water partition coefficient (Wildman–Crippen LogP) is 2.13. The SMILES string of the molecule is COCc1cccc(NC(=O)C2CCN(c3ccc4nncn4n3)CC2)c1. The molecule has 1 N–H and O–H groups in total. The van der Waals surface area contributed by atoms with Gasteiger partial charge in [0.05, 0.1) is 6.61 Å². The van der Waals surface area contributed by atoms with Gasteiger partial charge in [-0.15, -0.1) is 15.3 Å². The number of carbonyl (C=O) groups excluding carboxylic acids is 1. The summed E-state index contributed by atoms with van der Waals surface area (Å²) < 4.78 is 6.81. The largest absolute Gasteiger partial charge is 0.380 e. The van der Waals surface area contributed by atoms with Gasteiger partial charge in [0, 0.05) is 31.8 Å². The molecule has 0 spiro atoms. The molecule has 1 aliphatic rings. The smallest absolute Gasteiger partial charge is 0.227 e. The standard InChI is InChI=1S/C19H22N6O2/c1-27-12-14-3-2-4-16(11-14)21-19(26)15-7-9-24(10-8-15)18-6-5-17-22-20-13-25(17)23-18/h2-6,11,13,15H,7-10,12H2,1H3,(H,21,26). The lowest BCUT2D eigenvalue weighted by Crippen LogP contribution is -2.38. The van der Waals surface area contributed by atoms with E-state index in [0.29, 0.717) is 6.61 Å². The van der Waals surface area contributed by atoms with Gasteiger partial charge in [0.1, 0.15) is 12.1 Å². The number of nitrogens with one attached hydrogen (secondary N) is 1. The van der Waals surface area contributed by atoms with E-state index in [4.69, 9.17) is 4.74 Å². The van der Waals surface area contributed by atoms with Crippen molar-refractivity contribution in [1.82, 2.24) is 19.8 Å². The molecule has 0 radical (unpaired) electrons. The molecule has 3 heterocycles. The molecule has 1 aromatic carbocycles. The summed E-state index contributed by atoms with van der Waals surface area (Å²) in [6.07, 6.45) is 3.19. The molecule has 0 bridgehead atoms. The Morgan fingerprint density at radius 1 is 1.26 bits per heavy atom. The molecule has 3 aromatic rings.